The molecule has 104 valence electrons. The first-order valence-electron chi connectivity index (χ1n) is 6.59. The van der Waals surface area contributed by atoms with Crippen LogP contribution in [-0.4, -0.2) is 50.0 Å². The van der Waals surface area contributed by atoms with Crippen molar-refractivity contribution in [1.29, 1.82) is 0 Å². The Bertz CT molecular complexity index is 445. The van der Waals surface area contributed by atoms with E-state index in [0.29, 0.717) is 29.5 Å². The van der Waals surface area contributed by atoms with Gasteiger partial charge in [0.15, 0.2) is 5.78 Å². The molecule has 2 rings (SSSR count). The number of piperazine rings is 1. The maximum atomic E-state index is 12.2. The van der Waals surface area contributed by atoms with E-state index in [1.165, 1.54) is 0 Å². The summed E-state index contributed by atoms with van der Waals surface area (Å²) in [6.45, 7) is 6.60. The first kappa shape index (κ1) is 14.3. The second-order valence-corrected chi connectivity index (χ2v) is 4.93. The highest BCUT2D eigenvalue weighted by atomic mass is 35.5. The molecule has 1 aliphatic rings. The predicted molar refractivity (Wildman–Crippen MR) is 76.3 cm³/mol. The summed E-state index contributed by atoms with van der Waals surface area (Å²) in [5, 5.41) is 3.73. The minimum Gasteiger partial charge on any atom is -0.494 e. The average molecular weight is 283 g/mol. The van der Waals surface area contributed by atoms with Gasteiger partial charge in [-0.25, -0.2) is 0 Å². The molecule has 1 aliphatic heterocycles. The van der Waals surface area contributed by atoms with E-state index in [9.17, 15) is 4.79 Å². The zero-order chi connectivity index (χ0) is 13.7. The molecule has 0 aromatic heterocycles. The Morgan fingerprint density at radius 3 is 2.79 bits per heavy atom. The number of nitrogens with zero attached hydrogens (tertiary/aromatic N) is 1. The zero-order valence-corrected chi connectivity index (χ0v) is 11.9. The lowest BCUT2D eigenvalue weighted by Crippen LogP contribution is -2.45. The smallest absolute Gasteiger partial charge is 0.178 e. The van der Waals surface area contributed by atoms with E-state index < -0.39 is 0 Å². The SMILES string of the molecule is CCOc1ccc(C(=O)CN2CCNCC2)c(Cl)c1. The quantitative estimate of drug-likeness (QED) is 0.837. The highest BCUT2D eigenvalue weighted by Gasteiger charge is 2.17. The minimum absolute atomic E-state index is 0.0648. The standard InChI is InChI=1S/C14H19ClN2O2/c1-2-19-11-3-4-12(13(15)9-11)14(18)10-17-7-5-16-6-8-17/h3-4,9,16H,2,5-8,10H2,1H3. The molecular formula is C14H19ClN2O2. The van der Waals surface area contributed by atoms with Gasteiger partial charge in [0.05, 0.1) is 18.2 Å². The predicted octanol–water partition coefficient (Wildman–Crippen LogP) is 1.83. The third-order valence-electron chi connectivity index (χ3n) is 3.13. The summed E-state index contributed by atoms with van der Waals surface area (Å²) in [6, 6.07) is 5.24. The largest absolute Gasteiger partial charge is 0.494 e. The molecule has 1 aromatic carbocycles. The van der Waals surface area contributed by atoms with Gasteiger partial charge in [-0.3, -0.25) is 9.69 Å². The number of hydrogen-bond acceptors (Lipinski definition) is 4. The molecule has 1 aromatic rings. The van der Waals surface area contributed by atoms with E-state index in [2.05, 4.69) is 10.2 Å². The van der Waals surface area contributed by atoms with Gasteiger partial charge in [-0.1, -0.05) is 11.6 Å². The monoisotopic (exact) mass is 282 g/mol. The summed E-state index contributed by atoms with van der Waals surface area (Å²) < 4.78 is 5.36. The van der Waals surface area contributed by atoms with Crippen LogP contribution in [0, 0.1) is 0 Å². The van der Waals surface area contributed by atoms with Crippen molar-refractivity contribution in [1.82, 2.24) is 10.2 Å². The third-order valence-corrected chi connectivity index (χ3v) is 3.44. The van der Waals surface area contributed by atoms with Crippen molar-refractivity contribution < 1.29 is 9.53 Å². The number of ketones is 1. The normalized spacial score (nSPS) is 16.3. The van der Waals surface area contributed by atoms with Gasteiger partial charge in [0.25, 0.3) is 0 Å². The highest BCUT2D eigenvalue weighted by molar-refractivity contribution is 6.34. The lowest BCUT2D eigenvalue weighted by molar-refractivity contribution is 0.0921. The number of carbonyl (C=O) groups excluding carboxylic acids is 1. The molecule has 1 N–H and O–H groups in total. The Morgan fingerprint density at radius 1 is 1.42 bits per heavy atom. The summed E-state index contributed by atoms with van der Waals surface area (Å²) in [5.74, 6) is 0.765. The van der Waals surface area contributed by atoms with Gasteiger partial charge in [-0.05, 0) is 25.1 Å². The number of nitrogens with one attached hydrogen (secondary N) is 1. The molecule has 0 saturated carbocycles. The van der Waals surface area contributed by atoms with E-state index in [1.807, 2.05) is 6.92 Å². The van der Waals surface area contributed by atoms with Gasteiger partial charge >= 0.3 is 0 Å². The minimum atomic E-state index is 0.0648. The van der Waals surface area contributed by atoms with Crippen LogP contribution in [0.25, 0.3) is 0 Å². The Kier molecular flexibility index (Phi) is 5.19. The maximum absolute atomic E-state index is 12.2. The number of benzene rings is 1. The van der Waals surface area contributed by atoms with Crippen molar-refractivity contribution in [3.05, 3.63) is 28.8 Å². The van der Waals surface area contributed by atoms with Gasteiger partial charge in [-0.2, -0.15) is 0 Å². The molecule has 0 unspecified atom stereocenters. The first-order chi connectivity index (χ1) is 9.20. The van der Waals surface area contributed by atoms with Crippen LogP contribution in [0.4, 0.5) is 0 Å². The molecule has 5 heteroatoms. The molecule has 1 saturated heterocycles. The average Bonchev–Trinajstić information content (AvgIpc) is 2.40. The van der Waals surface area contributed by atoms with E-state index in [1.54, 1.807) is 18.2 Å². The van der Waals surface area contributed by atoms with Gasteiger partial charge in [0.2, 0.25) is 0 Å². The number of carbonyl (C=O) groups is 1. The van der Waals surface area contributed by atoms with Gasteiger partial charge in [0.1, 0.15) is 5.75 Å². The molecule has 0 radical (unpaired) electrons. The second-order valence-electron chi connectivity index (χ2n) is 4.52. The van der Waals surface area contributed by atoms with E-state index in [-0.39, 0.29) is 5.78 Å². The number of rotatable bonds is 5. The van der Waals surface area contributed by atoms with Crippen molar-refractivity contribution in [2.75, 3.05) is 39.3 Å². The second kappa shape index (κ2) is 6.89. The number of ether oxygens (including phenoxy) is 1. The first-order valence-corrected chi connectivity index (χ1v) is 6.97. The zero-order valence-electron chi connectivity index (χ0n) is 11.1. The molecule has 0 spiro atoms. The van der Waals surface area contributed by atoms with Crippen LogP contribution in [0.15, 0.2) is 18.2 Å². The molecule has 1 fully saturated rings. The lowest BCUT2D eigenvalue weighted by atomic mass is 10.1. The maximum Gasteiger partial charge on any atom is 0.178 e. The highest BCUT2D eigenvalue weighted by Crippen LogP contribution is 2.23. The summed E-state index contributed by atoms with van der Waals surface area (Å²) >= 11 is 6.15. The summed E-state index contributed by atoms with van der Waals surface area (Å²) in [5.41, 5.74) is 0.573. The summed E-state index contributed by atoms with van der Waals surface area (Å²) in [6.07, 6.45) is 0. The van der Waals surface area contributed by atoms with Gasteiger partial charge in [0, 0.05) is 31.7 Å². The van der Waals surface area contributed by atoms with Crippen molar-refractivity contribution in [3.8, 4) is 5.75 Å². The van der Waals surface area contributed by atoms with Crippen LogP contribution < -0.4 is 10.1 Å². The number of halogens is 1. The molecule has 0 atom stereocenters. The summed E-state index contributed by atoms with van der Waals surface area (Å²) in [7, 11) is 0. The molecule has 0 aliphatic carbocycles. The fraction of sp³-hybridized carbons (Fsp3) is 0.500. The van der Waals surface area contributed by atoms with Gasteiger partial charge < -0.3 is 10.1 Å². The fourth-order valence-electron chi connectivity index (χ4n) is 2.14. The molecule has 0 amide bonds. The third kappa shape index (κ3) is 3.93. The van der Waals surface area contributed by atoms with Gasteiger partial charge in [-0.15, -0.1) is 0 Å². The summed E-state index contributed by atoms with van der Waals surface area (Å²) in [4.78, 5) is 14.4. The van der Waals surface area contributed by atoms with Crippen LogP contribution in [-0.2, 0) is 0 Å². The van der Waals surface area contributed by atoms with E-state index in [0.717, 1.165) is 26.2 Å². The molecule has 0 bridgehead atoms. The Labute approximate surface area is 118 Å². The fourth-order valence-corrected chi connectivity index (χ4v) is 2.41. The van der Waals surface area contributed by atoms with Crippen molar-refractivity contribution in [2.45, 2.75) is 6.92 Å². The van der Waals surface area contributed by atoms with Crippen LogP contribution in [0.1, 0.15) is 17.3 Å². The molecule has 19 heavy (non-hydrogen) atoms. The van der Waals surface area contributed by atoms with Crippen LogP contribution >= 0.6 is 11.6 Å². The molecule has 4 nitrogen and oxygen atoms in total. The van der Waals surface area contributed by atoms with Crippen LogP contribution in [0.3, 0.4) is 0 Å². The van der Waals surface area contributed by atoms with Crippen molar-refractivity contribution in [3.63, 3.8) is 0 Å². The Hall–Kier alpha value is -1.10. The van der Waals surface area contributed by atoms with Crippen LogP contribution in [0.5, 0.6) is 5.75 Å². The topological polar surface area (TPSA) is 41.6 Å². The Morgan fingerprint density at radius 2 is 2.16 bits per heavy atom. The lowest BCUT2D eigenvalue weighted by Gasteiger charge is -2.26. The molecule has 1 heterocycles. The van der Waals surface area contributed by atoms with Crippen molar-refractivity contribution >= 4 is 17.4 Å². The number of Topliss-reactive ketones (excluding diaryl/α,β-unsaturated/α-hetero) is 1. The Balaban J connectivity index is 2.01. The molecular weight excluding hydrogens is 264 g/mol. The van der Waals surface area contributed by atoms with Crippen molar-refractivity contribution in [2.24, 2.45) is 0 Å². The van der Waals surface area contributed by atoms with E-state index in [4.69, 9.17) is 16.3 Å². The number of hydrogen-bond donors (Lipinski definition) is 1. The van der Waals surface area contributed by atoms with E-state index >= 15 is 0 Å². The van der Waals surface area contributed by atoms with Crippen LogP contribution in [0.2, 0.25) is 5.02 Å².